The number of piperidine rings is 2. The summed E-state index contributed by atoms with van der Waals surface area (Å²) < 4.78 is 29.1. The second-order valence-corrected chi connectivity index (χ2v) is 13.1. The van der Waals surface area contributed by atoms with E-state index in [0.717, 1.165) is 64.3 Å². The molecule has 6 rings (SSSR count). The number of ether oxygens (including phenoxy) is 5. The number of fused-ring (bicyclic) bond motifs is 5. The van der Waals surface area contributed by atoms with Crippen LogP contribution in [-0.4, -0.2) is 113 Å². The molecule has 40 heavy (non-hydrogen) atoms. The van der Waals surface area contributed by atoms with Crippen LogP contribution in [0.15, 0.2) is 0 Å². The minimum atomic E-state index is -0.195. The lowest BCUT2D eigenvalue weighted by Gasteiger charge is -2.55. The lowest BCUT2D eigenvalue weighted by Crippen LogP contribution is -2.70. The van der Waals surface area contributed by atoms with Crippen LogP contribution in [0.4, 0.5) is 0 Å². The van der Waals surface area contributed by atoms with Crippen molar-refractivity contribution in [3.05, 3.63) is 0 Å². The van der Waals surface area contributed by atoms with E-state index in [1.54, 1.807) is 28.4 Å². The summed E-state index contributed by atoms with van der Waals surface area (Å²) in [5.41, 5.74) is 0. The molecule has 0 radical (unpaired) electrons. The monoisotopic (exact) mass is 563 g/mol. The number of carbonyl (C=O) groups excluding carboxylic acids is 2. The third-order valence-corrected chi connectivity index (χ3v) is 11.4. The molecule has 3 aliphatic carbocycles. The van der Waals surface area contributed by atoms with E-state index in [2.05, 4.69) is 15.5 Å². The Bertz CT molecular complexity index is 910. The molecule has 3 heterocycles. The second-order valence-electron chi connectivity index (χ2n) is 13.1. The van der Waals surface area contributed by atoms with Crippen molar-refractivity contribution >= 4 is 11.8 Å². The van der Waals surface area contributed by atoms with E-state index in [-0.39, 0.29) is 73.0 Å². The number of hydrogen-bond donors (Lipinski definition) is 2. The van der Waals surface area contributed by atoms with Gasteiger partial charge in [0.05, 0.1) is 42.5 Å². The number of methoxy groups -OCH3 is 4. The molecule has 2 N–H and O–H groups in total. The number of amides is 2. The summed E-state index contributed by atoms with van der Waals surface area (Å²) in [6.45, 7) is 1.07. The first kappa shape index (κ1) is 28.8. The van der Waals surface area contributed by atoms with Crippen molar-refractivity contribution in [3.63, 3.8) is 0 Å². The van der Waals surface area contributed by atoms with Gasteiger partial charge in [-0.3, -0.25) is 9.59 Å². The number of hydrogen-bond acceptors (Lipinski definition) is 8. The summed E-state index contributed by atoms with van der Waals surface area (Å²) in [5, 5.41) is 7.00. The quantitative estimate of drug-likeness (QED) is 0.458. The van der Waals surface area contributed by atoms with E-state index in [9.17, 15) is 9.59 Å². The highest BCUT2D eigenvalue weighted by atomic mass is 16.5. The van der Waals surface area contributed by atoms with E-state index < -0.39 is 0 Å². The van der Waals surface area contributed by atoms with Crippen LogP contribution >= 0.6 is 0 Å². The summed E-state index contributed by atoms with van der Waals surface area (Å²) in [5.74, 6) is 1.25. The van der Waals surface area contributed by atoms with E-state index in [0.29, 0.717) is 23.8 Å². The Morgan fingerprint density at radius 1 is 0.850 bits per heavy atom. The predicted octanol–water partition coefficient (Wildman–Crippen LogP) is 1.50. The molecule has 3 saturated heterocycles. The predicted molar refractivity (Wildman–Crippen MR) is 147 cm³/mol. The van der Waals surface area contributed by atoms with Crippen molar-refractivity contribution in [2.75, 3.05) is 41.6 Å². The van der Waals surface area contributed by atoms with E-state index in [1.807, 2.05) is 0 Å². The van der Waals surface area contributed by atoms with Gasteiger partial charge in [0.1, 0.15) is 6.61 Å². The molecule has 10 heteroatoms. The topological polar surface area (TPSA) is 108 Å². The van der Waals surface area contributed by atoms with E-state index in [1.165, 1.54) is 0 Å². The Morgan fingerprint density at radius 3 is 2.33 bits per heavy atom. The Hall–Kier alpha value is -1.30. The van der Waals surface area contributed by atoms with Gasteiger partial charge in [0.2, 0.25) is 11.8 Å². The normalized spacial score (nSPS) is 46.4. The van der Waals surface area contributed by atoms with Gasteiger partial charge in [-0.25, -0.2) is 0 Å². The first-order chi connectivity index (χ1) is 19.5. The Balaban J connectivity index is 1.09. The fraction of sp³-hybridized carbons (Fsp3) is 0.933. The lowest BCUT2D eigenvalue weighted by atomic mass is 9.64. The third-order valence-electron chi connectivity index (χ3n) is 11.4. The van der Waals surface area contributed by atoms with Crippen LogP contribution in [0.25, 0.3) is 0 Å². The molecular weight excluding hydrogens is 514 g/mol. The molecule has 6 fully saturated rings. The van der Waals surface area contributed by atoms with Crippen molar-refractivity contribution in [2.45, 2.75) is 112 Å². The molecule has 12 atom stereocenters. The average molecular weight is 564 g/mol. The molecule has 12 unspecified atom stereocenters. The van der Waals surface area contributed by atoms with Gasteiger partial charge in [-0.1, -0.05) is 0 Å². The zero-order chi connectivity index (χ0) is 28.0. The van der Waals surface area contributed by atoms with E-state index >= 15 is 0 Å². The molecule has 0 aromatic carbocycles. The minimum absolute atomic E-state index is 0.0331. The van der Waals surface area contributed by atoms with Gasteiger partial charge in [0, 0.05) is 46.6 Å². The summed E-state index contributed by atoms with van der Waals surface area (Å²) in [4.78, 5) is 29.3. The molecule has 3 saturated carbocycles. The molecule has 2 amide bonds. The molecule has 0 aromatic heterocycles. The first-order valence-corrected chi connectivity index (χ1v) is 15.5. The van der Waals surface area contributed by atoms with Gasteiger partial charge >= 0.3 is 0 Å². The van der Waals surface area contributed by atoms with Crippen LogP contribution in [0.2, 0.25) is 0 Å². The second kappa shape index (κ2) is 12.1. The van der Waals surface area contributed by atoms with Crippen molar-refractivity contribution in [2.24, 2.45) is 23.7 Å². The van der Waals surface area contributed by atoms with Crippen LogP contribution in [0.1, 0.15) is 57.8 Å². The van der Waals surface area contributed by atoms with Crippen LogP contribution < -0.4 is 10.6 Å². The molecule has 0 aromatic rings. The molecule has 6 aliphatic rings. The van der Waals surface area contributed by atoms with Crippen LogP contribution in [0.5, 0.6) is 0 Å². The number of nitrogens with one attached hydrogen (secondary N) is 2. The molecule has 0 bridgehead atoms. The molecule has 0 spiro atoms. The highest BCUT2D eigenvalue weighted by molar-refractivity contribution is 5.83. The maximum atomic E-state index is 14.2. The van der Waals surface area contributed by atoms with E-state index in [4.69, 9.17) is 23.7 Å². The smallest absolute Gasteiger partial charge is 0.246 e. The fourth-order valence-corrected chi connectivity index (χ4v) is 9.67. The lowest BCUT2D eigenvalue weighted by molar-refractivity contribution is -0.175. The fourth-order valence-electron chi connectivity index (χ4n) is 9.67. The Morgan fingerprint density at radius 2 is 1.62 bits per heavy atom. The molecule has 3 aliphatic heterocycles. The highest BCUT2D eigenvalue weighted by Gasteiger charge is 2.64. The van der Waals surface area contributed by atoms with Gasteiger partial charge in [-0.05, 0) is 82.1 Å². The third kappa shape index (κ3) is 5.11. The van der Waals surface area contributed by atoms with Crippen LogP contribution in [0, 0.1) is 23.7 Å². The molecule has 10 nitrogen and oxygen atoms in total. The Labute approximate surface area is 238 Å². The van der Waals surface area contributed by atoms with Crippen LogP contribution in [-0.2, 0) is 33.3 Å². The first-order valence-electron chi connectivity index (χ1n) is 15.5. The zero-order valence-electron chi connectivity index (χ0n) is 24.6. The average Bonchev–Trinajstić information content (AvgIpc) is 3.32. The molecule has 226 valence electrons. The van der Waals surface area contributed by atoms with Crippen LogP contribution in [0.3, 0.4) is 0 Å². The number of carbonyl (C=O) groups is 2. The maximum Gasteiger partial charge on any atom is 0.246 e. The standard InChI is InChI=1S/C30H49N3O7/c1-36-18-11-16(12-19(13-18)37-2)32-25(34)15-40-17-5-7-23-22(14-17)20-9-10-31-27-21-6-8-24(38-3)29(39-4)26(21)30(35)33(23)28(20)27/h16-24,26-29,31H,5-15H2,1-4H3,(H,32,34). The molecular formula is C30H49N3O7. The van der Waals surface area contributed by atoms with Crippen molar-refractivity contribution in [1.29, 1.82) is 0 Å². The number of rotatable bonds is 8. The largest absolute Gasteiger partial charge is 0.381 e. The zero-order valence-corrected chi connectivity index (χ0v) is 24.6. The maximum absolute atomic E-state index is 14.2. The van der Waals surface area contributed by atoms with Crippen molar-refractivity contribution in [1.82, 2.24) is 15.5 Å². The SMILES string of the molecule is COC1CC(NC(=O)COC2CCC3C(C2)C2CCNC4C5CCC(OC)C(OC)C5C(=O)N3C24)CC(OC)C1. The van der Waals surface area contributed by atoms with Gasteiger partial charge in [-0.15, -0.1) is 0 Å². The summed E-state index contributed by atoms with van der Waals surface area (Å²) in [6.07, 6.45) is 8.22. The summed E-state index contributed by atoms with van der Waals surface area (Å²) in [7, 11) is 6.89. The van der Waals surface area contributed by atoms with Gasteiger partial charge in [0.25, 0.3) is 0 Å². The summed E-state index contributed by atoms with van der Waals surface area (Å²) in [6, 6.07) is 0.857. The van der Waals surface area contributed by atoms with Crippen molar-refractivity contribution in [3.8, 4) is 0 Å². The highest BCUT2D eigenvalue weighted by Crippen LogP contribution is 2.54. The number of nitrogens with zero attached hydrogens (tertiary/aromatic N) is 1. The summed E-state index contributed by atoms with van der Waals surface area (Å²) >= 11 is 0. The van der Waals surface area contributed by atoms with Crippen molar-refractivity contribution < 1.29 is 33.3 Å². The Kier molecular flexibility index (Phi) is 8.73. The van der Waals surface area contributed by atoms with Gasteiger partial charge < -0.3 is 39.2 Å². The van der Waals surface area contributed by atoms with Gasteiger partial charge in [-0.2, -0.15) is 0 Å². The minimum Gasteiger partial charge on any atom is -0.381 e. The van der Waals surface area contributed by atoms with Gasteiger partial charge in [0.15, 0.2) is 0 Å².